The predicted molar refractivity (Wildman–Crippen MR) is 98.0 cm³/mol. The van der Waals surface area contributed by atoms with Gasteiger partial charge in [0, 0.05) is 31.6 Å². The van der Waals surface area contributed by atoms with Gasteiger partial charge in [0.25, 0.3) is 10.1 Å². The summed E-state index contributed by atoms with van der Waals surface area (Å²) in [6.07, 6.45) is 1.79. The van der Waals surface area contributed by atoms with Gasteiger partial charge in [-0.3, -0.25) is 4.55 Å². The number of nitrogens with one attached hydrogen (secondary N) is 1. The van der Waals surface area contributed by atoms with Gasteiger partial charge in [-0.25, -0.2) is 4.98 Å². The summed E-state index contributed by atoms with van der Waals surface area (Å²) in [5, 5.41) is 4.32. The first kappa shape index (κ1) is 18.4. The van der Waals surface area contributed by atoms with Crippen LogP contribution in [0.2, 0.25) is 10.2 Å². The van der Waals surface area contributed by atoms with Gasteiger partial charge in [-0.2, -0.15) is 8.42 Å². The monoisotopic (exact) mass is 401 g/mol. The minimum absolute atomic E-state index is 0.0741. The van der Waals surface area contributed by atoms with Crippen molar-refractivity contribution in [3.8, 4) is 0 Å². The maximum atomic E-state index is 10.4. The first-order chi connectivity index (χ1) is 11.8. The molecule has 2 N–H and O–H groups in total. The molecule has 1 unspecified atom stereocenters. The lowest BCUT2D eigenvalue weighted by Crippen LogP contribution is -2.51. The lowest BCUT2D eigenvalue weighted by molar-refractivity contribution is 0.297. The summed E-state index contributed by atoms with van der Waals surface area (Å²) < 4.78 is 29.2. The van der Waals surface area contributed by atoms with E-state index in [1.807, 2.05) is 6.07 Å². The van der Waals surface area contributed by atoms with Crippen molar-refractivity contribution < 1.29 is 13.0 Å². The molecule has 0 saturated carbocycles. The van der Waals surface area contributed by atoms with Gasteiger partial charge in [0.2, 0.25) is 0 Å². The molecule has 0 radical (unpaired) electrons. The van der Waals surface area contributed by atoms with E-state index in [2.05, 4.69) is 15.2 Å². The van der Waals surface area contributed by atoms with Crippen LogP contribution in [-0.2, 0) is 10.1 Å². The van der Waals surface area contributed by atoms with Crippen LogP contribution in [0, 0.1) is 5.92 Å². The summed E-state index contributed by atoms with van der Waals surface area (Å²) in [6.45, 7) is 3.28. The van der Waals surface area contributed by atoms with Crippen LogP contribution >= 0.6 is 23.2 Å². The summed E-state index contributed by atoms with van der Waals surface area (Å²) in [5.41, 5.74) is 1.07. The molecule has 1 aromatic carbocycles. The maximum Gasteiger partial charge on any atom is 0.294 e. The zero-order valence-electron chi connectivity index (χ0n) is 13.1. The number of hydrogen-bond acceptors (Lipinski definition) is 5. The molecule has 25 heavy (non-hydrogen) atoms. The normalized spacial score (nSPS) is 21.8. The average molecular weight is 402 g/mol. The van der Waals surface area contributed by atoms with Crippen molar-refractivity contribution >= 4 is 39.0 Å². The highest BCUT2D eigenvalue weighted by molar-refractivity contribution is 7.85. The third-order valence-electron chi connectivity index (χ3n) is 4.27. The van der Waals surface area contributed by atoms with Crippen molar-refractivity contribution in [2.24, 2.45) is 5.92 Å². The minimum atomic E-state index is -4.00. The maximum absolute atomic E-state index is 10.4. The molecular formula is C16H17Cl2N3O3S. The number of anilines is 1. The van der Waals surface area contributed by atoms with E-state index in [1.54, 1.807) is 24.4 Å². The fourth-order valence-electron chi connectivity index (χ4n) is 2.84. The van der Waals surface area contributed by atoms with Crippen LogP contribution < -0.4 is 10.2 Å². The van der Waals surface area contributed by atoms with Crippen molar-refractivity contribution in [2.45, 2.75) is 10.9 Å². The molecule has 2 aliphatic heterocycles. The largest absolute Gasteiger partial charge is 0.368 e. The Hall–Kier alpha value is -1.38. The number of rotatable bonds is 2. The Kier molecular flexibility index (Phi) is 5.50. The van der Waals surface area contributed by atoms with E-state index in [0.29, 0.717) is 16.2 Å². The van der Waals surface area contributed by atoms with E-state index in [0.717, 1.165) is 31.2 Å². The summed E-state index contributed by atoms with van der Waals surface area (Å²) in [7, 11) is -4.00. The molecule has 0 amide bonds. The first-order valence-electron chi connectivity index (χ1n) is 7.66. The molecule has 1 aromatic heterocycles. The van der Waals surface area contributed by atoms with E-state index in [4.69, 9.17) is 27.8 Å². The lowest BCUT2D eigenvalue weighted by atomic mass is 9.96. The Morgan fingerprint density at radius 2 is 1.92 bits per heavy atom. The molecule has 0 spiro atoms. The molecule has 0 aliphatic carbocycles. The van der Waals surface area contributed by atoms with Gasteiger partial charge in [0.05, 0.1) is 21.8 Å². The van der Waals surface area contributed by atoms with Crippen LogP contribution in [0.5, 0.6) is 0 Å². The van der Waals surface area contributed by atoms with E-state index < -0.39 is 10.1 Å². The standard InChI is InChI=1S/C10H11Cl2N3.C6H6O3S/c11-8-1-7(3-14-10(8)12)15-4-6-2-13-9(6)5-15;7-10(8,9)6-4-2-1-3-5-6/h1,3,6,9,13H,2,4-5H2;1-5H,(H,7,8,9)/t6-,9?;/m0./s1. The van der Waals surface area contributed by atoms with Gasteiger partial charge >= 0.3 is 0 Å². The van der Waals surface area contributed by atoms with Crippen LogP contribution in [-0.4, -0.2) is 43.6 Å². The summed E-state index contributed by atoms with van der Waals surface area (Å²) >= 11 is 11.7. The van der Waals surface area contributed by atoms with Crippen LogP contribution in [0.25, 0.3) is 0 Å². The fraction of sp³-hybridized carbons (Fsp3) is 0.312. The molecule has 4 rings (SSSR count). The fourth-order valence-corrected chi connectivity index (χ4v) is 3.60. The summed E-state index contributed by atoms with van der Waals surface area (Å²) in [4.78, 5) is 6.30. The number of hydrogen-bond donors (Lipinski definition) is 2. The molecule has 2 atom stereocenters. The quantitative estimate of drug-likeness (QED) is 0.594. The van der Waals surface area contributed by atoms with Gasteiger partial charge in [0.1, 0.15) is 5.15 Å². The van der Waals surface area contributed by atoms with E-state index in [9.17, 15) is 8.42 Å². The van der Waals surface area contributed by atoms with Gasteiger partial charge < -0.3 is 10.2 Å². The molecular weight excluding hydrogens is 385 g/mol. The number of pyridine rings is 1. The van der Waals surface area contributed by atoms with Gasteiger partial charge in [-0.15, -0.1) is 0 Å². The topological polar surface area (TPSA) is 82.5 Å². The van der Waals surface area contributed by atoms with Crippen molar-refractivity contribution in [3.05, 3.63) is 52.8 Å². The lowest BCUT2D eigenvalue weighted by Gasteiger charge is -2.29. The molecule has 2 fully saturated rings. The zero-order chi connectivity index (χ0) is 18.0. The molecule has 3 heterocycles. The van der Waals surface area contributed by atoms with Crippen LogP contribution in [0.4, 0.5) is 5.69 Å². The molecule has 2 aromatic rings. The highest BCUT2D eigenvalue weighted by Crippen LogP contribution is 2.30. The van der Waals surface area contributed by atoms with Gasteiger partial charge in [-0.1, -0.05) is 41.4 Å². The second-order valence-electron chi connectivity index (χ2n) is 5.93. The Bertz CT molecular complexity index is 837. The predicted octanol–water partition coefficient (Wildman–Crippen LogP) is 2.73. The number of nitrogens with zero attached hydrogens (tertiary/aromatic N) is 2. The Balaban J connectivity index is 0.000000160. The average Bonchev–Trinajstić information content (AvgIpc) is 2.86. The number of fused-ring (bicyclic) bond motifs is 1. The van der Waals surface area contributed by atoms with Crippen LogP contribution in [0.3, 0.4) is 0 Å². The molecule has 2 saturated heterocycles. The Morgan fingerprint density at radius 1 is 1.20 bits per heavy atom. The zero-order valence-corrected chi connectivity index (χ0v) is 15.5. The summed E-state index contributed by atoms with van der Waals surface area (Å²) in [6, 6.07) is 9.96. The second-order valence-corrected chi connectivity index (χ2v) is 8.12. The minimum Gasteiger partial charge on any atom is -0.368 e. The van der Waals surface area contributed by atoms with Crippen molar-refractivity contribution in [1.82, 2.24) is 10.3 Å². The van der Waals surface area contributed by atoms with Gasteiger partial charge in [-0.05, 0) is 18.2 Å². The highest BCUT2D eigenvalue weighted by atomic mass is 35.5. The smallest absolute Gasteiger partial charge is 0.294 e. The van der Waals surface area contributed by atoms with Crippen molar-refractivity contribution in [1.29, 1.82) is 0 Å². The molecule has 6 nitrogen and oxygen atoms in total. The molecule has 0 bridgehead atoms. The van der Waals surface area contributed by atoms with Crippen LogP contribution in [0.1, 0.15) is 0 Å². The Labute approximate surface area is 156 Å². The van der Waals surface area contributed by atoms with E-state index >= 15 is 0 Å². The van der Waals surface area contributed by atoms with Gasteiger partial charge in [0.15, 0.2) is 0 Å². The Morgan fingerprint density at radius 3 is 2.36 bits per heavy atom. The summed E-state index contributed by atoms with van der Waals surface area (Å²) in [5.74, 6) is 0.791. The molecule has 9 heteroatoms. The SMILES string of the molecule is Clc1cc(N2CC3NC[C@H]3C2)cnc1Cl.O=S(=O)(O)c1ccccc1. The third kappa shape index (κ3) is 4.43. The molecule has 2 aliphatic rings. The second kappa shape index (κ2) is 7.47. The van der Waals surface area contributed by atoms with Crippen molar-refractivity contribution in [2.75, 3.05) is 24.5 Å². The molecule has 134 valence electrons. The van der Waals surface area contributed by atoms with E-state index in [1.165, 1.54) is 12.1 Å². The number of benzene rings is 1. The number of halogens is 2. The highest BCUT2D eigenvalue weighted by Gasteiger charge is 2.39. The van der Waals surface area contributed by atoms with E-state index in [-0.39, 0.29) is 4.90 Å². The number of aromatic nitrogens is 1. The van der Waals surface area contributed by atoms with Crippen LogP contribution in [0.15, 0.2) is 47.5 Å². The van der Waals surface area contributed by atoms with Crippen molar-refractivity contribution in [3.63, 3.8) is 0 Å². The first-order valence-corrected chi connectivity index (χ1v) is 9.86. The third-order valence-corrected chi connectivity index (χ3v) is 5.83.